The van der Waals surface area contributed by atoms with Crippen molar-refractivity contribution in [3.63, 3.8) is 0 Å². The van der Waals surface area contributed by atoms with Gasteiger partial charge in [0.05, 0.1) is 16.4 Å². The number of hydrogen-bond donors (Lipinski definition) is 2. The Morgan fingerprint density at radius 3 is 2.54 bits per heavy atom. The summed E-state index contributed by atoms with van der Waals surface area (Å²) in [6.07, 6.45) is 3.71. The van der Waals surface area contributed by atoms with Crippen molar-refractivity contribution in [3.05, 3.63) is 66.0 Å². The lowest BCUT2D eigenvalue weighted by atomic mass is 9.64. The molecule has 4 rings (SSSR count). The number of hydrogen-bond acceptors (Lipinski definition) is 2. The van der Waals surface area contributed by atoms with Crippen LogP contribution in [-0.2, 0) is 16.6 Å². The van der Waals surface area contributed by atoms with Gasteiger partial charge in [-0.3, -0.25) is 4.79 Å². The third kappa shape index (κ3) is 2.58. The Balaban J connectivity index is 1.41. The Labute approximate surface area is 141 Å². The molecule has 0 atom stereocenters. The summed E-state index contributed by atoms with van der Waals surface area (Å²) >= 11 is 0. The van der Waals surface area contributed by atoms with Gasteiger partial charge in [0, 0.05) is 13.0 Å². The number of benzene rings is 2. The largest absolute Gasteiger partial charge is 0.355 e. The minimum Gasteiger partial charge on any atom is -0.355 e. The number of nitrogens with zero attached hydrogens (tertiary/aromatic N) is 1. The number of amides is 1. The minimum absolute atomic E-state index is 0.149. The number of para-hydroxylation sites is 2. The van der Waals surface area contributed by atoms with Gasteiger partial charge in [-0.15, -0.1) is 0 Å². The normalized spacial score (nSPS) is 15.8. The van der Waals surface area contributed by atoms with Crippen molar-refractivity contribution in [2.45, 2.75) is 31.1 Å². The summed E-state index contributed by atoms with van der Waals surface area (Å²) in [4.78, 5) is 20.6. The first-order valence-electron chi connectivity index (χ1n) is 8.55. The average Bonchev–Trinajstić information content (AvgIpc) is 2.97. The second kappa shape index (κ2) is 6.11. The molecule has 2 N–H and O–H groups in total. The molecule has 1 aromatic heterocycles. The van der Waals surface area contributed by atoms with E-state index in [1.807, 2.05) is 42.5 Å². The molecule has 2 aromatic carbocycles. The van der Waals surface area contributed by atoms with E-state index in [4.69, 9.17) is 0 Å². The van der Waals surface area contributed by atoms with Crippen LogP contribution < -0.4 is 5.32 Å². The van der Waals surface area contributed by atoms with E-state index < -0.39 is 0 Å². The molecule has 122 valence electrons. The highest BCUT2D eigenvalue weighted by Crippen LogP contribution is 2.43. The van der Waals surface area contributed by atoms with Gasteiger partial charge in [0.1, 0.15) is 5.82 Å². The monoisotopic (exact) mass is 319 g/mol. The van der Waals surface area contributed by atoms with E-state index in [0.717, 1.165) is 41.7 Å². The zero-order valence-corrected chi connectivity index (χ0v) is 13.6. The molecular formula is C20H21N3O. The molecule has 1 saturated carbocycles. The highest BCUT2D eigenvalue weighted by molar-refractivity contribution is 5.89. The van der Waals surface area contributed by atoms with E-state index in [1.165, 1.54) is 0 Å². The predicted molar refractivity (Wildman–Crippen MR) is 94.8 cm³/mol. The van der Waals surface area contributed by atoms with Crippen molar-refractivity contribution in [1.29, 1.82) is 0 Å². The van der Waals surface area contributed by atoms with Crippen molar-refractivity contribution in [2.75, 3.05) is 6.54 Å². The maximum atomic E-state index is 12.8. The summed E-state index contributed by atoms with van der Waals surface area (Å²) in [7, 11) is 0. The van der Waals surface area contributed by atoms with Crippen LogP contribution in [0.15, 0.2) is 54.6 Å². The molecular weight excluding hydrogens is 298 g/mol. The van der Waals surface area contributed by atoms with Gasteiger partial charge >= 0.3 is 0 Å². The lowest BCUT2D eigenvalue weighted by Gasteiger charge is -2.40. The third-order valence-electron chi connectivity index (χ3n) is 5.05. The molecule has 1 aliphatic carbocycles. The van der Waals surface area contributed by atoms with Crippen LogP contribution in [-0.4, -0.2) is 22.4 Å². The van der Waals surface area contributed by atoms with Crippen molar-refractivity contribution >= 4 is 16.9 Å². The number of carbonyl (C=O) groups excluding carboxylic acids is 1. The molecule has 1 amide bonds. The standard InChI is InChI=1S/C20H21N3O/c24-19(20(12-6-13-20)15-7-2-1-3-8-15)21-14-11-18-22-16-9-4-5-10-17(16)23-18/h1-5,7-10H,6,11-14H2,(H,21,24)(H,22,23). The summed E-state index contributed by atoms with van der Waals surface area (Å²) in [6.45, 7) is 0.604. The number of aromatic amines is 1. The van der Waals surface area contributed by atoms with Crippen LogP contribution in [0.3, 0.4) is 0 Å². The maximum Gasteiger partial charge on any atom is 0.230 e. The van der Waals surface area contributed by atoms with E-state index in [-0.39, 0.29) is 11.3 Å². The number of aromatic nitrogens is 2. The number of rotatable bonds is 5. The van der Waals surface area contributed by atoms with Crippen molar-refractivity contribution in [2.24, 2.45) is 0 Å². The molecule has 0 radical (unpaired) electrons. The fraction of sp³-hybridized carbons (Fsp3) is 0.300. The molecule has 0 saturated heterocycles. The molecule has 1 aliphatic rings. The summed E-state index contributed by atoms with van der Waals surface area (Å²) in [5.41, 5.74) is 2.82. The fourth-order valence-corrected chi connectivity index (χ4v) is 3.52. The summed E-state index contributed by atoms with van der Waals surface area (Å²) in [6, 6.07) is 18.1. The van der Waals surface area contributed by atoms with E-state index in [0.29, 0.717) is 13.0 Å². The molecule has 3 aromatic rings. The zero-order chi connectivity index (χ0) is 16.4. The highest BCUT2D eigenvalue weighted by Gasteiger charge is 2.45. The zero-order valence-electron chi connectivity index (χ0n) is 13.6. The van der Waals surface area contributed by atoms with Crippen molar-refractivity contribution < 1.29 is 4.79 Å². The molecule has 0 aliphatic heterocycles. The topological polar surface area (TPSA) is 57.8 Å². The number of fused-ring (bicyclic) bond motifs is 1. The number of nitrogens with one attached hydrogen (secondary N) is 2. The van der Waals surface area contributed by atoms with Crippen LogP contribution in [0.4, 0.5) is 0 Å². The van der Waals surface area contributed by atoms with Gasteiger partial charge in [-0.25, -0.2) is 4.98 Å². The molecule has 0 bridgehead atoms. The Bertz CT molecular complexity index is 816. The smallest absolute Gasteiger partial charge is 0.230 e. The molecule has 24 heavy (non-hydrogen) atoms. The van der Waals surface area contributed by atoms with Crippen molar-refractivity contribution in [3.8, 4) is 0 Å². The molecule has 1 fully saturated rings. The van der Waals surface area contributed by atoms with Crippen LogP contribution in [0.25, 0.3) is 11.0 Å². The fourth-order valence-electron chi connectivity index (χ4n) is 3.52. The number of H-pyrrole nitrogens is 1. The van der Waals surface area contributed by atoms with Gasteiger partial charge in [0.15, 0.2) is 0 Å². The molecule has 0 unspecified atom stereocenters. The average molecular weight is 319 g/mol. The van der Waals surface area contributed by atoms with Gasteiger partial charge in [-0.2, -0.15) is 0 Å². The Kier molecular flexibility index (Phi) is 3.81. The van der Waals surface area contributed by atoms with E-state index in [9.17, 15) is 4.79 Å². The quantitative estimate of drug-likeness (QED) is 0.758. The Morgan fingerprint density at radius 2 is 1.83 bits per heavy atom. The van der Waals surface area contributed by atoms with Gasteiger partial charge in [-0.05, 0) is 30.5 Å². The van der Waals surface area contributed by atoms with E-state index in [1.54, 1.807) is 0 Å². The first-order chi connectivity index (χ1) is 11.8. The highest BCUT2D eigenvalue weighted by atomic mass is 16.2. The van der Waals surface area contributed by atoms with Crippen molar-refractivity contribution in [1.82, 2.24) is 15.3 Å². The summed E-state index contributed by atoms with van der Waals surface area (Å²) in [5.74, 6) is 1.06. The summed E-state index contributed by atoms with van der Waals surface area (Å²) < 4.78 is 0. The van der Waals surface area contributed by atoms with Crippen LogP contribution in [0.5, 0.6) is 0 Å². The van der Waals surface area contributed by atoms with Gasteiger partial charge in [0.2, 0.25) is 5.91 Å². The van der Waals surface area contributed by atoms with Crippen LogP contribution in [0.2, 0.25) is 0 Å². The Morgan fingerprint density at radius 1 is 1.08 bits per heavy atom. The van der Waals surface area contributed by atoms with Gasteiger partial charge < -0.3 is 10.3 Å². The molecule has 4 nitrogen and oxygen atoms in total. The van der Waals surface area contributed by atoms with E-state index in [2.05, 4.69) is 27.4 Å². The Hall–Kier alpha value is -2.62. The number of carbonyl (C=O) groups is 1. The van der Waals surface area contributed by atoms with Gasteiger partial charge in [0.25, 0.3) is 0 Å². The minimum atomic E-state index is -0.324. The summed E-state index contributed by atoms with van der Waals surface area (Å²) in [5, 5.41) is 3.12. The van der Waals surface area contributed by atoms with E-state index >= 15 is 0 Å². The molecule has 4 heteroatoms. The first-order valence-corrected chi connectivity index (χ1v) is 8.55. The van der Waals surface area contributed by atoms with Gasteiger partial charge in [-0.1, -0.05) is 48.9 Å². The van der Waals surface area contributed by atoms with Crippen LogP contribution in [0.1, 0.15) is 30.7 Å². The SMILES string of the molecule is O=C(NCCc1nc2ccccc2[nH]1)C1(c2ccccc2)CCC1. The maximum absolute atomic E-state index is 12.8. The lowest BCUT2D eigenvalue weighted by molar-refractivity contribution is -0.129. The second-order valence-electron chi connectivity index (χ2n) is 6.51. The molecule has 1 heterocycles. The third-order valence-corrected chi connectivity index (χ3v) is 5.05. The first kappa shape index (κ1) is 14.9. The molecule has 0 spiro atoms. The second-order valence-corrected chi connectivity index (χ2v) is 6.51. The van der Waals surface area contributed by atoms with Crippen LogP contribution in [0, 0.1) is 0 Å². The number of imidazole rings is 1. The van der Waals surface area contributed by atoms with Crippen LogP contribution >= 0.6 is 0 Å². The predicted octanol–water partition coefficient (Wildman–Crippen LogP) is 3.34. The lowest BCUT2D eigenvalue weighted by Crippen LogP contribution is -2.49.